The molecule has 0 fully saturated rings. The maximum atomic E-state index is 13.0. The third-order valence-corrected chi connectivity index (χ3v) is 4.01. The molecule has 0 heterocycles. The molecule has 2 nitrogen and oxygen atoms in total. The summed E-state index contributed by atoms with van der Waals surface area (Å²) < 4.78 is 61.5. The summed E-state index contributed by atoms with van der Waals surface area (Å²) in [4.78, 5) is -0.369. The molecule has 20 heavy (non-hydrogen) atoms. The van der Waals surface area contributed by atoms with E-state index in [0.717, 1.165) is 18.2 Å². The lowest BCUT2D eigenvalue weighted by Gasteiger charge is -2.14. The Bertz CT molecular complexity index is 725. The first kappa shape index (κ1) is 14.9. The summed E-state index contributed by atoms with van der Waals surface area (Å²) in [5.74, 6) is 0. The molecule has 0 radical (unpaired) electrons. The van der Waals surface area contributed by atoms with Gasteiger partial charge in [-0.25, -0.2) is 8.42 Å². The Kier molecular flexibility index (Phi) is 3.80. The molecule has 2 aromatic carbocycles. The standard InChI is InChI=1S/C13H8ClF3O2S/c14-20(18,19)10-6-7-12(13(15,16)17)11(8-10)9-4-2-1-3-5-9/h1-8H. The van der Waals surface area contributed by atoms with Gasteiger partial charge in [-0.15, -0.1) is 0 Å². The molecule has 0 aromatic heterocycles. The number of rotatable bonds is 2. The van der Waals surface area contributed by atoms with E-state index in [2.05, 4.69) is 0 Å². The summed E-state index contributed by atoms with van der Waals surface area (Å²) in [5.41, 5.74) is -0.866. The van der Waals surface area contributed by atoms with Gasteiger partial charge in [0.15, 0.2) is 0 Å². The van der Waals surface area contributed by atoms with Gasteiger partial charge in [0.1, 0.15) is 0 Å². The van der Waals surface area contributed by atoms with Crippen LogP contribution in [0.2, 0.25) is 0 Å². The smallest absolute Gasteiger partial charge is 0.207 e. The van der Waals surface area contributed by atoms with Crippen molar-refractivity contribution in [2.24, 2.45) is 0 Å². The lowest BCUT2D eigenvalue weighted by molar-refractivity contribution is -0.137. The lowest BCUT2D eigenvalue weighted by atomic mass is 9.99. The van der Waals surface area contributed by atoms with Crippen LogP contribution in [0.5, 0.6) is 0 Å². The number of benzene rings is 2. The van der Waals surface area contributed by atoms with E-state index in [4.69, 9.17) is 10.7 Å². The van der Waals surface area contributed by atoms with Crippen LogP contribution in [0.1, 0.15) is 5.56 Å². The second-order valence-electron chi connectivity index (χ2n) is 4.01. The van der Waals surface area contributed by atoms with Crippen molar-refractivity contribution in [3.05, 3.63) is 54.1 Å². The van der Waals surface area contributed by atoms with Crippen LogP contribution in [0, 0.1) is 0 Å². The Balaban J connectivity index is 2.74. The minimum Gasteiger partial charge on any atom is -0.207 e. The molecule has 2 aromatic rings. The third-order valence-electron chi connectivity index (χ3n) is 2.66. The second kappa shape index (κ2) is 5.10. The molecule has 106 valence electrons. The Morgan fingerprint density at radius 1 is 0.950 bits per heavy atom. The highest BCUT2D eigenvalue weighted by Gasteiger charge is 2.34. The Morgan fingerprint density at radius 2 is 1.55 bits per heavy atom. The van der Waals surface area contributed by atoms with Crippen LogP contribution < -0.4 is 0 Å². The molecule has 7 heteroatoms. The Labute approximate surface area is 118 Å². The van der Waals surface area contributed by atoms with Gasteiger partial charge in [0, 0.05) is 10.7 Å². The van der Waals surface area contributed by atoms with Gasteiger partial charge < -0.3 is 0 Å². The predicted octanol–water partition coefficient (Wildman–Crippen LogP) is 4.30. The zero-order chi connectivity index (χ0) is 15.0. The van der Waals surface area contributed by atoms with Gasteiger partial charge in [0.2, 0.25) is 0 Å². The molecule has 0 atom stereocenters. The van der Waals surface area contributed by atoms with Crippen LogP contribution in [-0.2, 0) is 15.2 Å². The van der Waals surface area contributed by atoms with Crippen LogP contribution in [0.25, 0.3) is 11.1 Å². The van der Waals surface area contributed by atoms with Crippen molar-refractivity contribution >= 4 is 19.7 Å². The summed E-state index contributed by atoms with van der Waals surface area (Å²) in [5, 5.41) is 0. The molecule has 0 unspecified atom stereocenters. The highest BCUT2D eigenvalue weighted by molar-refractivity contribution is 8.13. The number of alkyl halides is 3. The van der Waals surface area contributed by atoms with Gasteiger partial charge in [-0.3, -0.25) is 0 Å². The van der Waals surface area contributed by atoms with Crippen LogP contribution >= 0.6 is 10.7 Å². The van der Waals surface area contributed by atoms with E-state index >= 15 is 0 Å². The van der Waals surface area contributed by atoms with Crippen molar-refractivity contribution in [2.45, 2.75) is 11.1 Å². The van der Waals surface area contributed by atoms with Crippen molar-refractivity contribution in [1.29, 1.82) is 0 Å². The van der Waals surface area contributed by atoms with Crippen LogP contribution in [0.4, 0.5) is 13.2 Å². The van der Waals surface area contributed by atoms with E-state index in [0.29, 0.717) is 0 Å². The SMILES string of the molecule is O=S(=O)(Cl)c1ccc(C(F)(F)F)c(-c2ccccc2)c1. The first-order valence-electron chi connectivity index (χ1n) is 5.41. The van der Waals surface area contributed by atoms with Gasteiger partial charge >= 0.3 is 6.18 Å². The number of hydrogen-bond acceptors (Lipinski definition) is 2. The number of hydrogen-bond donors (Lipinski definition) is 0. The van der Waals surface area contributed by atoms with E-state index in [9.17, 15) is 21.6 Å². The second-order valence-corrected chi connectivity index (χ2v) is 6.57. The molecule has 0 amide bonds. The van der Waals surface area contributed by atoms with E-state index in [1.165, 1.54) is 12.1 Å². The van der Waals surface area contributed by atoms with Gasteiger partial charge in [-0.1, -0.05) is 30.3 Å². The minimum atomic E-state index is -4.58. The topological polar surface area (TPSA) is 34.1 Å². The Hall–Kier alpha value is -1.53. The molecular formula is C13H8ClF3O2S. The molecule has 0 saturated carbocycles. The van der Waals surface area contributed by atoms with Crippen LogP contribution in [-0.4, -0.2) is 8.42 Å². The third kappa shape index (κ3) is 3.13. The fourth-order valence-electron chi connectivity index (χ4n) is 1.78. The zero-order valence-electron chi connectivity index (χ0n) is 9.86. The van der Waals surface area contributed by atoms with E-state index in [-0.39, 0.29) is 16.0 Å². The summed E-state index contributed by atoms with van der Waals surface area (Å²) in [6.45, 7) is 0. The average molecular weight is 321 g/mol. The molecule has 0 aliphatic heterocycles. The predicted molar refractivity (Wildman–Crippen MR) is 69.9 cm³/mol. The van der Waals surface area contributed by atoms with Gasteiger partial charge in [-0.2, -0.15) is 13.2 Å². The van der Waals surface area contributed by atoms with Crippen molar-refractivity contribution in [3.8, 4) is 11.1 Å². The van der Waals surface area contributed by atoms with E-state index in [1.807, 2.05) is 0 Å². The zero-order valence-corrected chi connectivity index (χ0v) is 11.4. The molecule has 2 rings (SSSR count). The number of halogens is 4. The fourth-order valence-corrected chi connectivity index (χ4v) is 2.56. The molecule has 0 N–H and O–H groups in total. The summed E-state index contributed by atoms with van der Waals surface area (Å²) in [6, 6.07) is 10.2. The first-order valence-corrected chi connectivity index (χ1v) is 7.72. The van der Waals surface area contributed by atoms with Gasteiger partial charge in [0.05, 0.1) is 10.5 Å². The summed E-state index contributed by atoms with van der Waals surface area (Å²) in [7, 11) is 1.08. The van der Waals surface area contributed by atoms with Crippen molar-refractivity contribution < 1.29 is 21.6 Å². The quantitative estimate of drug-likeness (QED) is 0.773. The fraction of sp³-hybridized carbons (Fsp3) is 0.0769. The highest BCUT2D eigenvalue weighted by atomic mass is 35.7. The first-order chi connectivity index (χ1) is 9.19. The molecule has 0 bridgehead atoms. The normalized spacial score (nSPS) is 12.4. The van der Waals surface area contributed by atoms with E-state index < -0.39 is 20.8 Å². The van der Waals surface area contributed by atoms with Crippen molar-refractivity contribution in [3.63, 3.8) is 0 Å². The minimum absolute atomic E-state index is 0.222. The van der Waals surface area contributed by atoms with Gasteiger partial charge in [-0.05, 0) is 29.3 Å². The van der Waals surface area contributed by atoms with Gasteiger partial charge in [0.25, 0.3) is 9.05 Å². The lowest BCUT2D eigenvalue weighted by Crippen LogP contribution is -2.08. The molecule has 0 aliphatic rings. The van der Waals surface area contributed by atoms with Crippen LogP contribution in [0.3, 0.4) is 0 Å². The maximum Gasteiger partial charge on any atom is 0.417 e. The highest BCUT2D eigenvalue weighted by Crippen LogP contribution is 2.38. The average Bonchev–Trinajstić information content (AvgIpc) is 2.37. The maximum absolute atomic E-state index is 13.0. The molecular weight excluding hydrogens is 313 g/mol. The summed E-state index contributed by atoms with van der Waals surface area (Å²) in [6.07, 6.45) is -4.58. The van der Waals surface area contributed by atoms with Crippen molar-refractivity contribution in [1.82, 2.24) is 0 Å². The monoisotopic (exact) mass is 320 g/mol. The molecule has 0 aliphatic carbocycles. The van der Waals surface area contributed by atoms with Crippen LogP contribution in [0.15, 0.2) is 53.4 Å². The summed E-state index contributed by atoms with van der Waals surface area (Å²) >= 11 is 0. The molecule has 0 spiro atoms. The molecule has 0 saturated heterocycles. The van der Waals surface area contributed by atoms with Crippen molar-refractivity contribution in [2.75, 3.05) is 0 Å². The van der Waals surface area contributed by atoms with E-state index in [1.54, 1.807) is 18.2 Å². The Morgan fingerprint density at radius 3 is 2.05 bits per heavy atom. The largest absolute Gasteiger partial charge is 0.417 e.